The second-order valence-electron chi connectivity index (χ2n) is 6.83. The summed E-state index contributed by atoms with van der Waals surface area (Å²) in [4.78, 5) is 4.94. The van der Waals surface area contributed by atoms with Crippen LogP contribution in [0, 0.1) is 6.92 Å². The Morgan fingerprint density at radius 2 is 1.92 bits per heavy atom. The van der Waals surface area contributed by atoms with Crippen LogP contribution < -0.4 is 10.1 Å². The molecule has 0 amide bonds. The summed E-state index contributed by atoms with van der Waals surface area (Å²) in [5, 5.41) is 10.9. The smallest absolute Gasteiger partial charge is 0.118 e. The number of methoxy groups -OCH3 is 1. The average Bonchev–Trinajstić information content (AvgIpc) is 3.05. The van der Waals surface area contributed by atoms with Gasteiger partial charge in [0.1, 0.15) is 5.75 Å². The van der Waals surface area contributed by atoms with Crippen LogP contribution in [-0.4, -0.2) is 66.9 Å². The van der Waals surface area contributed by atoms with E-state index in [1.807, 2.05) is 18.3 Å². The number of piperazine rings is 1. The van der Waals surface area contributed by atoms with E-state index in [9.17, 15) is 0 Å². The third-order valence-electron chi connectivity index (χ3n) is 5.03. The van der Waals surface area contributed by atoms with Crippen molar-refractivity contribution in [3.63, 3.8) is 0 Å². The van der Waals surface area contributed by atoms with Gasteiger partial charge in [-0.05, 0) is 31.7 Å². The van der Waals surface area contributed by atoms with Crippen LogP contribution >= 0.6 is 0 Å². The molecule has 1 aliphatic heterocycles. The lowest BCUT2D eigenvalue weighted by Crippen LogP contribution is -2.47. The number of hydrogen-bond acceptors (Lipinski definition) is 5. The van der Waals surface area contributed by atoms with E-state index in [1.165, 1.54) is 11.1 Å². The second-order valence-corrected chi connectivity index (χ2v) is 6.83. The van der Waals surface area contributed by atoms with E-state index in [4.69, 9.17) is 4.74 Å². The minimum absolute atomic E-state index is 0.281. The fourth-order valence-electron chi connectivity index (χ4n) is 3.20. The fourth-order valence-corrected chi connectivity index (χ4v) is 3.20. The molecule has 0 saturated carbocycles. The molecule has 25 heavy (non-hydrogen) atoms. The van der Waals surface area contributed by atoms with E-state index < -0.39 is 0 Å². The number of nitrogens with zero attached hydrogens (tertiary/aromatic N) is 3. The van der Waals surface area contributed by atoms with Crippen LogP contribution in [0.15, 0.2) is 30.5 Å². The van der Waals surface area contributed by atoms with Crippen LogP contribution in [0.3, 0.4) is 0 Å². The summed E-state index contributed by atoms with van der Waals surface area (Å²) in [5.74, 6) is 0.896. The Morgan fingerprint density at radius 1 is 1.20 bits per heavy atom. The molecule has 0 aliphatic carbocycles. The molecule has 1 fully saturated rings. The molecule has 2 N–H and O–H groups in total. The first-order valence-electron chi connectivity index (χ1n) is 8.93. The van der Waals surface area contributed by atoms with Crippen LogP contribution in [-0.2, 0) is 6.54 Å². The first-order valence-corrected chi connectivity index (χ1v) is 8.93. The monoisotopic (exact) mass is 343 g/mol. The normalized spacial score (nSPS) is 17.6. The molecule has 1 atom stereocenters. The zero-order valence-corrected chi connectivity index (χ0v) is 15.5. The lowest BCUT2D eigenvalue weighted by molar-refractivity contribution is 0.142. The topological polar surface area (TPSA) is 56.4 Å². The Kier molecular flexibility index (Phi) is 6.07. The summed E-state index contributed by atoms with van der Waals surface area (Å²) in [7, 11) is 3.90. The van der Waals surface area contributed by atoms with Gasteiger partial charge in [0.2, 0.25) is 0 Å². The Bertz CT molecular complexity index is 646. The standard InChI is InChI=1S/C19H29N5O/c1-15-17(13-21-22-15)12-20-19(14-24-10-8-23(2)9-11-24)16-4-6-18(25-3)7-5-16/h4-7,13,19-20H,8-12,14H2,1-3H3,(H,21,22)/t19-/m1/s1. The van der Waals surface area contributed by atoms with Gasteiger partial charge in [-0.2, -0.15) is 5.10 Å². The largest absolute Gasteiger partial charge is 0.497 e. The minimum atomic E-state index is 0.281. The first kappa shape index (κ1) is 17.9. The maximum Gasteiger partial charge on any atom is 0.118 e. The highest BCUT2D eigenvalue weighted by atomic mass is 16.5. The average molecular weight is 343 g/mol. The highest BCUT2D eigenvalue weighted by molar-refractivity contribution is 5.29. The van der Waals surface area contributed by atoms with Gasteiger partial charge < -0.3 is 15.0 Å². The Hall–Kier alpha value is -1.89. The van der Waals surface area contributed by atoms with Gasteiger partial charge in [-0.3, -0.25) is 10.00 Å². The maximum absolute atomic E-state index is 5.30. The molecule has 3 rings (SSSR count). The van der Waals surface area contributed by atoms with E-state index >= 15 is 0 Å². The van der Waals surface area contributed by atoms with Gasteiger partial charge in [0.05, 0.1) is 13.3 Å². The number of H-pyrrole nitrogens is 1. The van der Waals surface area contributed by atoms with Crippen molar-refractivity contribution in [2.45, 2.75) is 19.5 Å². The van der Waals surface area contributed by atoms with Crippen molar-refractivity contribution in [3.8, 4) is 5.75 Å². The van der Waals surface area contributed by atoms with Gasteiger partial charge in [0.15, 0.2) is 0 Å². The lowest BCUT2D eigenvalue weighted by Gasteiger charge is -2.35. The molecular formula is C19H29N5O. The second kappa shape index (κ2) is 8.47. The number of rotatable bonds is 7. The van der Waals surface area contributed by atoms with E-state index in [-0.39, 0.29) is 6.04 Å². The van der Waals surface area contributed by atoms with Gasteiger partial charge in [-0.15, -0.1) is 0 Å². The summed E-state index contributed by atoms with van der Waals surface area (Å²) < 4.78 is 5.30. The van der Waals surface area contributed by atoms with Crippen molar-refractivity contribution < 1.29 is 4.74 Å². The van der Waals surface area contributed by atoms with Crippen molar-refractivity contribution in [1.29, 1.82) is 0 Å². The number of likely N-dealkylation sites (N-methyl/N-ethyl adjacent to an activating group) is 1. The van der Waals surface area contributed by atoms with Gasteiger partial charge in [0.25, 0.3) is 0 Å². The van der Waals surface area contributed by atoms with E-state index in [0.717, 1.165) is 50.7 Å². The van der Waals surface area contributed by atoms with Gasteiger partial charge in [-0.25, -0.2) is 0 Å². The lowest BCUT2D eigenvalue weighted by atomic mass is 10.0. The summed E-state index contributed by atoms with van der Waals surface area (Å²) in [5.41, 5.74) is 3.64. The van der Waals surface area contributed by atoms with Gasteiger partial charge in [-0.1, -0.05) is 12.1 Å². The maximum atomic E-state index is 5.30. The number of hydrogen-bond donors (Lipinski definition) is 2. The van der Waals surface area contributed by atoms with Crippen LogP contribution in [0.1, 0.15) is 22.9 Å². The SMILES string of the molecule is COc1ccc([C@@H](CN2CCN(C)CC2)NCc2cn[nH]c2C)cc1. The quantitative estimate of drug-likeness (QED) is 0.803. The molecule has 0 spiro atoms. The number of aromatic amines is 1. The fraction of sp³-hybridized carbons (Fsp3) is 0.526. The van der Waals surface area contributed by atoms with E-state index in [1.54, 1.807) is 7.11 Å². The van der Waals surface area contributed by atoms with Crippen molar-refractivity contribution in [3.05, 3.63) is 47.3 Å². The highest BCUT2D eigenvalue weighted by Gasteiger charge is 2.20. The number of aryl methyl sites for hydroxylation is 1. The summed E-state index contributed by atoms with van der Waals surface area (Å²) in [6, 6.07) is 8.68. The Balaban J connectivity index is 1.69. The Morgan fingerprint density at radius 3 is 2.52 bits per heavy atom. The van der Waals surface area contributed by atoms with Crippen molar-refractivity contribution in [2.75, 3.05) is 46.9 Å². The molecular weight excluding hydrogens is 314 g/mol. The third-order valence-corrected chi connectivity index (χ3v) is 5.03. The molecule has 1 aliphatic rings. The van der Waals surface area contributed by atoms with Crippen molar-refractivity contribution >= 4 is 0 Å². The molecule has 2 heterocycles. The number of nitrogens with one attached hydrogen (secondary N) is 2. The van der Waals surface area contributed by atoms with Crippen LogP contribution in [0.4, 0.5) is 0 Å². The molecule has 0 unspecified atom stereocenters. The zero-order chi connectivity index (χ0) is 17.6. The minimum Gasteiger partial charge on any atom is -0.497 e. The van der Waals surface area contributed by atoms with Gasteiger partial charge in [0, 0.05) is 56.6 Å². The van der Waals surface area contributed by atoms with E-state index in [0.29, 0.717) is 0 Å². The van der Waals surface area contributed by atoms with Crippen molar-refractivity contribution in [2.24, 2.45) is 0 Å². The molecule has 1 aromatic carbocycles. The highest BCUT2D eigenvalue weighted by Crippen LogP contribution is 2.20. The zero-order valence-electron chi connectivity index (χ0n) is 15.5. The van der Waals surface area contributed by atoms with E-state index in [2.05, 4.69) is 51.4 Å². The Labute approximate surface area is 150 Å². The third kappa shape index (κ3) is 4.81. The summed E-state index contributed by atoms with van der Waals surface area (Å²) in [6.45, 7) is 8.40. The van der Waals surface area contributed by atoms with Crippen LogP contribution in [0.2, 0.25) is 0 Å². The molecule has 136 valence electrons. The van der Waals surface area contributed by atoms with Crippen molar-refractivity contribution in [1.82, 2.24) is 25.3 Å². The summed E-state index contributed by atoms with van der Waals surface area (Å²) >= 11 is 0. The van der Waals surface area contributed by atoms with Gasteiger partial charge >= 0.3 is 0 Å². The predicted octanol–water partition coefficient (Wildman–Crippen LogP) is 1.81. The number of benzene rings is 1. The molecule has 6 nitrogen and oxygen atoms in total. The van der Waals surface area contributed by atoms with Crippen LogP contribution in [0.25, 0.3) is 0 Å². The number of aromatic nitrogens is 2. The molecule has 2 aromatic rings. The van der Waals surface area contributed by atoms with Crippen LogP contribution in [0.5, 0.6) is 5.75 Å². The molecule has 1 aromatic heterocycles. The molecule has 6 heteroatoms. The first-order chi connectivity index (χ1) is 12.2. The summed E-state index contributed by atoms with van der Waals surface area (Å²) in [6.07, 6.45) is 1.91. The molecule has 1 saturated heterocycles. The predicted molar refractivity (Wildman–Crippen MR) is 99.8 cm³/mol. The molecule has 0 bridgehead atoms. The number of ether oxygens (including phenoxy) is 1. The molecule has 0 radical (unpaired) electrons.